The van der Waals surface area contributed by atoms with Gasteiger partial charge in [-0.05, 0) is 24.7 Å². The molecule has 0 unspecified atom stereocenters. The van der Waals surface area contributed by atoms with Gasteiger partial charge in [-0.1, -0.05) is 43.5 Å². The van der Waals surface area contributed by atoms with Crippen molar-refractivity contribution in [3.63, 3.8) is 0 Å². The van der Waals surface area contributed by atoms with Gasteiger partial charge in [0.1, 0.15) is 0 Å². The van der Waals surface area contributed by atoms with Crippen LogP contribution in [-0.4, -0.2) is 4.57 Å². The molecule has 0 saturated carbocycles. The number of aromatic nitrogens is 1. The predicted molar refractivity (Wildman–Crippen MR) is 130 cm³/mol. The summed E-state index contributed by atoms with van der Waals surface area (Å²) >= 11 is 6.32. The molecule has 146 valence electrons. The van der Waals surface area contributed by atoms with E-state index in [1.807, 2.05) is 12.2 Å². The zero-order valence-corrected chi connectivity index (χ0v) is 22.4. The van der Waals surface area contributed by atoms with E-state index in [0.717, 1.165) is 0 Å². The number of aryl methyl sites for hydroxylation is 1. The fourth-order valence-corrected chi connectivity index (χ4v) is 3.50. The van der Waals surface area contributed by atoms with Crippen LogP contribution in [0.5, 0.6) is 0 Å². The van der Waals surface area contributed by atoms with Gasteiger partial charge in [0.2, 0.25) is 0 Å². The number of benzene rings is 2. The van der Waals surface area contributed by atoms with Gasteiger partial charge < -0.3 is 4.57 Å². The Morgan fingerprint density at radius 2 is 1.62 bits per heavy atom. The molecule has 1 aliphatic rings. The average Bonchev–Trinajstić information content (AvgIpc) is 3.37. The predicted octanol–water partition coefficient (Wildman–Crippen LogP) is 8.44. The van der Waals surface area contributed by atoms with Gasteiger partial charge in [-0.3, -0.25) is 6.08 Å². The van der Waals surface area contributed by atoms with Crippen LogP contribution in [0.2, 0.25) is 0 Å². The molecule has 0 atom stereocenters. The number of fused-ring (bicyclic) bond motifs is 2. The Bertz CT molecular complexity index is 1100. The summed E-state index contributed by atoms with van der Waals surface area (Å²) in [6.07, 6.45) is 9.28. The third-order valence-corrected chi connectivity index (χ3v) is 4.82. The number of nitrogens with zero attached hydrogens (tertiary/aromatic N) is 1. The van der Waals surface area contributed by atoms with E-state index < -0.39 is 0 Å². The normalized spacial score (nSPS) is 13.6. The minimum absolute atomic E-state index is 0.145. The fourth-order valence-electron chi connectivity index (χ4n) is 3.50. The van der Waals surface area contributed by atoms with Crippen LogP contribution in [0.3, 0.4) is 0 Å². The van der Waals surface area contributed by atoms with Crippen LogP contribution < -0.4 is 0 Å². The fraction of sp³-hybridized carbons (Fsp3) is 0.160. The van der Waals surface area contributed by atoms with E-state index in [-0.39, 0.29) is 24.0 Å². The summed E-state index contributed by atoms with van der Waals surface area (Å²) in [6, 6.07) is 23.8. The molecular formula is C25H23Br2NZr. The first kappa shape index (κ1) is 22.6. The molecule has 0 saturated heterocycles. The van der Waals surface area contributed by atoms with Crippen molar-refractivity contribution in [2.24, 2.45) is 5.41 Å². The Hall–Kier alpha value is -1.09. The summed E-state index contributed by atoms with van der Waals surface area (Å²) in [7, 11) is 0. The SMILES string of the molecule is CC1(C)[C-]=CC=C1.Cc1cc2ccccc2n1-c1cc2ccccc2[cH-]1.[Br][Zr+2][Br]. The van der Waals surface area contributed by atoms with E-state index in [9.17, 15) is 0 Å². The summed E-state index contributed by atoms with van der Waals surface area (Å²) < 4.78 is 2.33. The second kappa shape index (κ2) is 10.3. The third-order valence-electron chi connectivity index (χ3n) is 4.82. The second-order valence-electron chi connectivity index (χ2n) is 7.49. The van der Waals surface area contributed by atoms with Gasteiger partial charge in [0.05, 0.1) is 5.52 Å². The van der Waals surface area contributed by atoms with Crippen LogP contribution in [0, 0.1) is 18.4 Å². The van der Waals surface area contributed by atoms with E-state index in [1.165, 1.54) is 33.1 Å². The molecule has 1 heterocycles. The number of para-hydroxylation sites is 1. The zero-order chi connectivity index (χ0) is 20.9. The number of hydrogen-bond donors (Lipinski definition) is 0. The number of rotatable bonds is 1. The number of allylic oxidation sites excluding steroid dienone is 4. The molecule has 4 aromatic rings. The molecule has 0 N–H and O–H groups in total. The first-order valence-corrected chi connectivity index (χ1v) is 20.7. The van der Waals surface area contributed by atoms with Crippen molar-refractivity contribution in [3.8, 4) is 5.69 Å². The van der Waals surface area contributed by atoms with Crippen molar-refractivity contribution in [1.29, 1.82) is 0 Å². The maximum atomic E-state index is 3.23. The molecule has 0 bridgehead atoms. The van der Waals surface area contributed by atoms with Gasteiger partial charge >= 0.3 is 43.0 Å². The molecular weight excluding hydrogens is 565 g/mol. The Kier molecular flexibility index (Phi) is 8.02. The van der Waals surface area contributed by atoms with Gasteiger partial charge in [-0.2, -0.15) is 6.08 Å². The molecule has 4 heteroatoms. The van der Waals surface area contributed by atoms with Gasteiger partial charge in [0.25, 0.3) is 0 Å². The molecule has 0 radical (unpaired) electrons. The van der Waals surface area contributed by atoms with E-state index in [2.05, 4.69) is 129 Å². The average molecular weight is 588 g/mol. The first-order valence-electron chi connectivity index (χ1n) is 9.43. The molecule has 0 fully saturated rings. The molecule has 1 aliphatic carbocycles. The van der Waals surface area contributed by atoms with Gasteiger partial charge in [-0.15, -0.1) is 41.1 Å². The van der Waals surface area contributed by atoms with Crippen molar-refractivity contribution < 1.29 is 18.5 Å². The van der Waals surface area contributed by atoms with Crippen LogP contribution >= 0.6 is 24.4 Å². The van der Waals surface area contributed by atoms with Gasteiger partial charge in [0.15, 0.2) is 0 Å². The Morgan fingerprint density at radius 3 is 2.21 bits per heavy atom. The third kappa shape index (κ3) is 5.75. The monoisotopic (exact) mass is 585 g/mol. The first-order chi connectivity index (χ1) is 13.9. The van der Waals surface area contributed by atoms with Crippen LogP contribution in [0.15, 0.2) is 85.0 Å². The topological polar surface area (TPSA) is 4.93 Å². The summed E-state index contributed by atoms with van der Waals surface area (Å²) in [5, 5.41) is 3.90. The Morgan fingerprint density at radius 1 is 0.966 bits per heavy atom. The Labute approximate surface area is 196 Å². The number of hydrogen-bond acceptors (Lipinski definition) is 0. The summed E-state index contributed by atoms with van der Waals surface area (Å²) in [5.74, 6) is 0. The molecule has 0 amide bonds. The van der Waals surface area contributed by atoms with Crippen molar-refractivity contribution in [2.75, 3.05) is 0 Å². The standard InChI is InChI=1S/C18H14N.C7H9.2BrH.Zr/c1-13-10-16-8-4-5-9-18(16)19(13)17-11-14-6-2-3-7-15(14)12-17;1-7(2)5-3-4-6-7;;;/h2-12H,1H3;3-5H,1-2H3;2*1H;/q2*-1;;;+4/p-2. The second-order valence-corrected chi connectivity index (χ2v) is 18.8. The molecule has 1 nitrogen and oxygen atoms in total. The Balaban J connectivity index is 0.000000201. The van der Waals surface area contributed by atoms with E-state index in [4.69, 9.17) is 0 Å². The molecule has 5 rings (SSSR count). The zero-order valence-electron chi connectivity index (χ0n) is 16.8. The van der Waals surface area contributed by atoms with Crippen molar-refractivity contribution >= 4 is 46.1 Å². The van der Waals surface area contributed by atoms with E-state index in [1.54, 1.807) is 0 Å². The molecule has 0 spiro atoms. The summed E-state index contributed by atoms with van der Waals surface area (Å²) in [5.41, 5.74) is 4.01. The molecule has 29 heavy (non-hydrogen) atoms. The molecule has 1 aromatic heterocycles. The van der Waals surface area contributed by atoms with Crippen LogP contribution in [0.1, 0.15) is 19.5 Å². The van der Waals surface area contributed by atoms with Gasteiger partial charge in [0, 0.05) is 11.1 Å². The van der Waals surface area contributed by atoms with Gasteiger partial charge in [-0.25, -0.2) is 12.2 Å². The van der Waals surface area contributed by atoms with Crippen molar-refractivity contribution in [1.82, 2.24) is 4.57 Å². The molecule has 3 aromatic carbocycles. The van der Waals surface area contributed by atoms with Crippen LogP contribution in [0.25, 0.3) is 27.4 Å². The maximum absolute atomic E-state index is 3.23. The van der Waals surface area contributed by atoms with Crippen LogP contribution in [0.4, 0.5) is 0 Å². The van der Waals surface area contributed by atoms with E-state index in [0.29, 0.717) is 0 Å². The summed E-state index contributed by atoms with van der Waals surface area (Å²) in [4.78, 5) is 0. The quantitative estimate of drug-likeness (QED) is 0.197. The van der Waals surface area contributed by atoms with Crippen molar-refractivity contribution in [2.45, 2.75) is 20.8 Å². The molecule has 0 aliphatic heterocycles. The van der Waals surface area contributed by atoms with Crippen molar-refractivity contribution in [3.05, 3.63) is 96.7 Å². The van der Waals surface area contributed by atoms with E-state index >= 15 is 0 Å². The van der Waals surface area contributed by atoms with Crippen LogP contribution in [-0.2, 0) is 18.5 Å². The summed E-state index contributed by atoms with van der Waals surface area (Å²) in [6.45, 7) is 6.43. The minimum atomic E-state index is -0.145. The number of halogens is 2.